The van der Waals surface area contributed by atoms with Crippen LogP contribution in [0, 0.1) is 11.2 Å². The van der Waals surface area contributed by atoms with Crippen molar-refractivity contribution in [1.29, 1.82) is 0 Å². The van der Waals surface area contributed by atoms with Gasteiger partial charge in [-0.1, -0.05) is 32.0 Å². The van der Waals surface area contributed by atoms with Crippen LogP contribution in [0.2, 0.25) is 0 Å². The fraction of sp³-hybridized carbons (Fsp3) is 0.467. The van der Waals surface area contributed by atoms with Crippen molar-refractivity contribution in [3.8, 4) is 0 Å². The lowest BCUT2D eigenvalue weighted by Crippen LogP contribution is -2.33. The van der Waals surface area contributed by atoms with Gasteiger partial charge in [0.25, 0.3) is 0 Å². The lowest BCUT2D eigenvalue weighted by Gasteiger charge is -2.26. The molecule has 20 heavy (non-hydrogen) atoms. The van der Waals surface area contributed by atoms with Crippen LogP contribution in [0.4, 0.5) is 10.1 Å². The Hall–Kier alpha value is -1.49. The number of nitrogens with two attached hydrogens (primary N) is 1. The van der Waals surface area contributed by atoms with E-state index in [1.807, 2.05) is 6.92 Å². The van der Waals surface area contributed by atoms with E-state index >= 15 is 0 Å². The number of amides is 1. The second kappa shape index (κ2) is 5.87. The first-order valence-electron chi connectivity index (χ1n) is 6.89. The first kappa shape index (κ1) is 14.9. The van der Waals surface area contributed by atoms with Gasteiger partial charge in [0.2, 0.25) is 5.91 Å². The van der Waals surface area contributed by atoms with Gasteiger partial charge in [-0.05, 0) is 37.5 Å². The number of benzene rings is 1. The Kier molecular flexibility index (Phi) is 4.38. The van der Waals surface area contributed by atoms with Crippen molar-refractivity contribution in [3.63, 3.8) is 0 Å². The van der Waals surface area contributed by atoms with Crippen molar-refractivity contribution >= 4 is 28.8 Å². The molecule has 0 atom stereocenters. The van der Waals surface area contributed by atoms with Crippen LogP contribution in [0.5, 0.6) is 0 Å². The van der Waals surface area contributed by atoms with Gasteiger partial charge < -0.3 is 11.1 Å². The molecule has 1 aromatic rings. The van der Waals surface area contributed by atoms with Gasteiger partial charge in [-0.3, -0.25) is 4.79 Å². The minimum absolute atomic E-state index is 0.0124. The first-order valence-corrected chi connectivity index (χ1v) is 7.30. The third kappa shape index (κ3) is 2.82. The highest BCUT2D eigenvalue weighted by Crippen LogP contribution is 2.42. The van der Waals surface area contributed by atoms with Crippen molar-refractivity contribution in [2.75, 3.05) is 5.32 Å². The highest BCUT2D eigenvalue weighted by atomic mass is 32.1. The van der Waals surface area contributed by atoms with Crippen LogP contribution in [0.1, 0.15) is 44.6 Å². The van der Waals surface area contributed by atoms with Gasteiger partial charge in [0.15, 0.2) is 0 Å². The molecular weight excluding hydrogens is 275 g/mol. The highest BCUT2D eigenvalue weighted by molar-refractivity contribution is 7.80. The Bertz CT molecular complexity index is 539. The summed E-state index contributed by atoms with van der Waals surface area (Å²) in [4.78, 5) is 12.6. The first-order chi connectivity index (χ1) is 9.48. The Labute approximate surface area is 123 Å². The smallest absolute Gasteiger partial charge is 0.230 e. The number of halogens is 1. The van der Waals surface area contributed by atoms with Crippen LogP contribution in [-0.2, 0) is 4.79 Å². The van der Waals surface area contributed by atoms with Crippen LogP contribution in [0.3, 0.4) is 0 Å². The summed E-state index contributed by atoms with van der Waals surface area (Å²) < 4.78 is 13.3. The molecule has 0 bridgehead atoms. The summed E-state index contributed by atoms with van der Waals surface area (Å²) in [6.07, 6.45) is 4.76. The van der Waals surface area contributed by atoms with Gasteiger partial charge in [0.05, 0.1) is 5.69 Å². The molecule has 1 fully saturated rings. The number of hydrogen-bond acceptors (Lipinski definition) is 2. The average molecular weight is 294 g/mol. The molecule has 0 spiro atoms. The van der Waals surface area contributed by atoms with Crippen molar-refractivity contribution in [3.05, 3.63) is 29.6 Å². The monoisotopic (exact) mass is 294 g/mol. The number of anilines is 1. The molecule has 0 aliphatic heterocycles. The van der Waals surface area contributed by atoms with E-state index < -0.39 is 5.82 Å². The molecule has 0 radical (unpaired) electrons. The van der Waals surface area contributed by atoms with Gasteiger partial charge in [-0.15, -0.1) is 0 Å². The minimum Gasteiger partial charge on any atom is -0.389 e. The average Bonchev–Trinajstić information content (AvgIpc) is 2.90. The molecule has 1 aromatic carbocycles. The van der Waals surface area contributed by atoms with Gasteiger partial charge in [0.1, 0.15) is 10.8 Å². The molecule has 0 saturated heterocycles. The summed E-state index contributed by atoms with van der Waals surface area (Å²) in [5, 5.41) is 2.88. The predicted octanol–water partition coefficient (Wildman–Crippen LogP) is 3.37. The lowest BCUT2D eigenvalue weighted by molar-refractivity contribution is -0.125. The van der Waals surface area contributed by atoms with Crippen LogP contribution >= 0.6 is 12.2 Å². The Morgan fingerprint density at radius 2 is 2.10 bits per heavy atom. The van der Waals surface area contributed by atoms with Crippen molar-refractivity contribution < 1.29 is 9.18 Å². The Morgan fingerprint density at radius 3 is 2.65 bits per heavy atom. The third-order valence-corrected chi connectivity index (χ3v) is 4.43. The largest absolute Gasteiger partial charge is 0.389 e. The number of carbonyl (C=O) groups excluding carboxylic acids is 1. The normalized spacial score (nSPS) is 16.9. The molecular formula is C15H19FN2OS. The quantitative estimate of drug-likeness (QED) is 0.837. The summed E-state index contributed by atoms with van der Waals surface area (Å²) >= 11 is 4.91. The van der Waals surface area contributed by atoms with E-state index in [1.54, 1.807) is 0 Å². The number of carbonyl (C=O) groups is 1. The molecule has 3 N–H and O–H groups in total. The van der Waals surface area contributed by atoms with Gasteiger partial charge in [0, 0.05) is 11.0 Å². The van der Waals surface area contributed by atoms with E-state index in [0.717, 1.165) is 32.1 Å². The van der Waals surface area contributed by atoms with Crippen LogP contribution in [-0.4, -0.2) is 10.9 Å². The van der Waals surface area contributed by atoms with Crippen LogP contribution in [0.15, 0.2) is 18.2 Å². The topological polar surface area (TPSA) is 55.1 Å². The second-order valence-corrected chi connectivity index (χ2v) is 5.79. The molecule has 1 aliphatic rings. The highest BCUT2D eigenvalue weighted by Gasteiger charge is 2.39. The molecule has 2 rings (SSSR count). The van der Waals surface area contributed by atoms with Crippen molar-refractivity contribution in [2.45, 2.75) is 39.0 Å². The van der Waals surface area contributed by atoms with Crippen molar-refractivity contribution in [2.24, 2.45) is 11.1 Å². The van der Waals surface area contributed by atoms with Gasteiger partial charge in [-0.25, -0.2) is 4.39 Å². The van der Waals surface area contributed by atoms with E-state index in [9.17, 15) is 9.18 Å². The molecule has 0 aromatic heterocycles. The molecule has 1 saturated carbocycles. The molecule has 0 unspecified atom stereocenters. The lowest BCUT2D eigenvalue weighted by atomic mass is 9.82. The number of hydrogen-bond donors (Lipinski definition) is 2. The molecule has 0 heterocycles. The van der Waals surface area contributed by atoms with E-state index in [2.05, 4.69) is 5.32 Å². The summed E-state index contributed by atoms with van der Waals surface area (Å²) in [7, 11) is 0. The third-order valence-electron chi connectivity index (χ3n) is 4.21. The van der Waals surface area contributed by atoms with Gasteiger partial charge in [-0.2, -0.15) is 0 Å². The fourth-order valence-electron chi connectivity index (χ4n) is 2.88. The Morgan fingerprint density at radius 1 is 1.45 bits per heavy atom. The van der Waals surface area contributed by atoms with E-state index in [4.69, 9.17) is 18.0 Å². The molecule has 5 heteroatoms. The van der Waals surface area contributed by atoms with Crippen LogP contribution in [0.25, 0.3) is 0 Å². The predicted molar refractivity (Wildman–Crippen MR) is 82.1 cm³/mol. The zero-order valence-corrected chi connectivity index (χ0v) is 12.4. The molecule has 1 amide bonds. The van der Waals surface area contributed by atoms with E-state index in [1.165, 1.54) is 18.2 Å². The summed E-state index contributed by atoms with van der Waals surface area (Å²) in [5.41, 5.74) is 6.15. The standard InChI is InChI=1S/C15H19FN2OS/c1-2-15(7-3-4-8-15)14(19)18-12-6-5-10(16)9-11(12)13(17)20/h5-6,9H,2-4,7-8H2,1H3,(H2,17,20)(H,18,19). The van der Waals surface area contributed by atoms with E-state index in [-0.39, 0.29) is 16.3 Å². The molecule has 3 nitrogen and oxygen atoms in total. The summed E-state index contributed by atoms with van der Waals surface area (Å²) in [5.74, 6) is -0.432. The zero-order valence-electron chi connectivity index (χ0n) is 11.5. The fourth-order valence-corrected chi connectivity index (χ4v) is 3.05. The SMILES string of the molecule is CCC1(C(=O)Nc2ccc(F)cc2C(N)=S)CCCC1. The Balaban J connectivity index is 2.25. The zero-order chi connectivity index (χ0) is 14.8. The maximum absolute atomic E-state index is 13.3. The summed E-state index contributed by atoms with van der Waals surface area (Å²) in [6.45, 7) is 2.03. The van der Waals surface area contributed by atoms with E-state index in [0.29, 0.717) is 11.3 Å². The second-order valence-electron chi connectivity index (χ2n) is 5.35. The summed E-state index contributed by atoms with van der Waals surface area (Å²) in [6, 6.07) is 4.07. The minimum atomic E-state index is -0.420. The molecule has 1 aliphatic carbocycles. The van der Waals surface area contributed by atoms with Gasteiger partial charge >= 0.3 is 0 Å². The number of thiocarbonyl (C=S) groups is 1. The van der Waals surface area contributed by atoms with Crippen LogP contribution < -0.4 is 11.1 Å². The molecule has 108 valence electrons. The van der Waals surface area contributed by atoms with Crippen molar-refractivity contribution in [1.82, 2.24) is 0 Å². The number of nitrogens with one attached hydrogen (secondary N) is 1. The maximum Gasteiger partial charge on any atom is 0.230 e. The number of rotatable bonds is 4. The maximum atomic E-state index is 13.3.